The molecular weight excluding hydrogens is 299 g/mol. The third kappa shape index (κ3) is 2.66. The molecule has 1 atom stereocenters. The molecule has 0 amide bonds. The van der Waals surface area contributed by atoms with E-state index in [4.69, 9.17) is 0 Å². The Bertz CT molecular complexity index is 729. The van der Waals surface area contributed by atoms with E-state index >= 15 is 0 Å². The van der Waals surface area contributed by atoms with Crippen molar-refractivity contribution >= 4 is 16.3 Å². The van der Waals surface area contributed by atoms with Gasteiger partial charge in [0.05, 0.1) is 5.69 Å². The number of likely N-dealkylation sites (N-methyl/N-ethyl adjacent to an activating group) is 1. The second-order valence-electron chi connectivity index (χ2n) is 4.65. The summed E-state index contributed by atoms with van der Waals surface area (Å²) in [7, 11) is 1.60. The van der Waals surface area contributed by atoms with Crippen molar-refractivity contribution in [3.05, 3.63) is 58.6 Å². The summed E-state index contributed by atoms with van der Waals surface area (Å²) in [6.07, 6.45) is 3.99. The average Bonchev–Trinajstić information content (AvgIpc) is 2.96. The van der Waals surface area contributed by atoms with Crippen LogP contribution in [0.15, 0.2) is 29.9 Å². The van der Waals surface area contributed by atoms with Crippen LogP contribution in [0.25, 0.3) is 4.96 Å². The third-order valence-electron chi connectivity index (χ3n) is 3.30. The number of rotatable bonds is 4. The van der Waals surface area contributed by atoms with Gasteiger partial charge in [0, 0.05) is 47.9 Å². The fraction of sp³-hybridized carbons (Fsp3) is 0.214. The van der Waals surface area contributed by atoms with Gasteiger partial charge in [0.2, 0.25) is 0 Å². The largest absolute Gasteiger partial charge is 0.312 e. The lowest BCUT2D eigenvalue weighted by Crippen LogP contribution is -2.22. The maximum atomic E-state index is 13.9. The van der Waals surface area contributed by atoms with E-state index in [0.29, 0.717) is 24.2 Å². The summed E-state index contributed by atoms with van der Waals surface area (Å²) in [5.74, 6) is -2.72. The van der Waals surface area contributed by atoms with Crippen molar-refractivity contribution in [3.8, 4) is 0 Å². The number of imidazole rings is 1. The Balaban J connectivity index is 1.93. The van der Waals surface area contributed by atoms with Gasteiger partial charge in [-0.15, -0.1) is 11.3 Å². The van der Waals surface area contributed by atoms with Crippen LogP contribution in [0.5, 0.6) is 0 Å². The molecule has 0 spiro atoms. The fourth-order valence-corrected chi connectivity index (χ4v) is 3.04. The summed E-state index contributed by atoms with van der Waals surface area (Å²) in [6.45, 7) is 0. The second kappa shape index (κ2) is 5.50. The molecule has 3 nitrogen and oxygen atoms in total. The second-order valence-corrected chi connectivity index (χ2v) is 5.53. The first-order valence-corrected chi connectivity index (χ1v) is 7.19. The van der Waals surface area contributed by atoms with Crippen LogP contribution < -0.4 is 5.32 Å². The number of hydrogen-bond donors (Lipinski definition) is 1. The zero-order valence-corrected chi connectivity index (χ0v) is 11.9. The van der Waals surface area contributed by atoms with Crippen molar-refractivity contribution in [1.29, 1.82) is 0 Å². The average molecular weight is 311 g/mol. The molecule has 1 N–H and O–H groups in total. The molecular formula is C14H12F3N3S. The summed E-state index contributed by atoms with van der Waals surface area (Å²) < 4.78 is 42.5. The van der Waals surface area contributed by atoms with Crippen molar-refractivity contribution < 1.29 is 13.2 Å². The van der Waals surface area contributed by atoms with E-state index in [9.17, 15) is 13.2 Å². The molecule has 21 heavy (non-hydrogen) atoms. The Labute approximate surface area is 123 Å². The quantitative estimate of drug-likeness (QED) is 0.801. The smallest absolute Gasteiger partial charge is 0.193 e. The molecule has 2 heterocycles. The van der Waals surface area contributed by atoms with Gasteiger partial charge in [0.15, 0.2) is 4.96 Å². The van der Waals surface area contributed by atoms with Crippen molar-refractivity contribution in [2.75, 3.05) is 7.05 Å². The van der Waals surface area contributed by atoms with Crippen molar-refractivity contribution in [1.82, 2.24) is 14.7 Å². The van der Waals surface area contributed by atoms with Crippen LogP contribution in [-0.2, 0) is 6.42 Å². The minimum absolute atomic E-state index is 0.171. The van der Waals surface area contributed by atoms with Gasteiger partial charge in [0.1, 0.15) is 17.5 Å². The lowest BCUT2D eigenvalue weighted by Gasteiger charge is -2.17. The highest BCUT2D eigenvalue weighted by atomic mass is 32.1. The molecule has 3 aromatic rings. The highest BCUT2D eigenvalue weighted by molar-refractivity contribution is 7.15. The van der Waals surface area contributed by atoms with Gasteiger partial charge < -0.3 is 5.32 Å². The van der Waals surface area contributed by atoms with Crippen LogP contribution in [-0.4, -0.2) is 16.4 Å². The van der Waals surface area contributed by atoms with E-state index in [0.717, 1.165) is 4.96 Å². The van der Waals surface area contributed by atoms with Crippen molar-refractivity contribution in [2.24, 2.45) is 0 Å². The first-order valence-electron chi connectivity index (χ1n) is 6.31. The van der Waals surface area contributed by atoms with E-state index in [-0.39, 0.29) is 5.56 Å². The van der Waals surface area contributed by atoms with Gasteiger partial charge in [-0.2, -0.15) is 0 Å². The lowest BCUT2D eigenvalue weighted by molar-refractivity contribution is 0.473. The topological polar surface area (TPSA) is 29.3 Å². The van der Waals surface area contributed by atoms with E-state index in [2.05, 4.69) is 10.3 Å². The molecule has 0 saturated heterocycles. The number of aromatic nitrogens is 2. The van der Waals surface area contributed by atoms with Gasteiger partial charge >= 0.3 is 0 Å². The summed E-state index contributed by atoms with van der Waals surface area (Å²) in [4.78, 5) is 5.20. The highest BCUT2D eigenvalue weighted by Crippen LogP contribution is 2.25. The minimum atomic E-state index is -0.925. The molecule has 0 saturated carbocycles. The summed E-state index contributed by atoms with van der Waals surface area (Å²) in [5.41, 5.74) is 0.541. The van der Waals surface area contributed by atoms with Crippen LogP contribution in [0.2, 0.25) is 0 Å². The number of fused-ring (bicyclic) bond motifs is 1. The zero-order chi connectivity index (χ0) is 15.0. The third-order valence-corrected chi connectivity index (χ3v) is 4.07. The molecule has 0 aliphatic heterocycles. The first kappa shape index (κ1) is 14.1. The molecule has 0 aliphatic rings. The zero-order valence-electron chi connectivity index (χ0n) is 11.1. The molecule has 0 fully saturated rings. The molecule has 0 bridgehead atoms. The van der Waals surface area contributed by atoms with Crippen molar-refractivity contribution in [2.45, 2.75) is 12.5 Å². The van der Waals surface area contributed by atoms with E-state index in [1.165, 1.54) is 11.3 Å². The first-order chi connectivity index (χ1) is 10.1. The molecule has 110 valence electrons. The molecule has 1 unspecified atom stereocenters. The van der Waals surface area contributed by atoms with Gasteiger partial charge in [-0.3, -0.25) is 4.40 Å². The Kier molecular flexibility index (Phi) is 3.69. The normalized spacial score (nSPS) is 13.0. The molecule has 0 aliphatic carbocycles. The number of nitrogens with zero attached hydrogens (tertiary/aromatic N) is 2. The SMILES string of the molecule is CNC(Cc1cn2ccsc2n1)c1c(F)cc(F)cc1F. The summed E-state index contributed by atoms with van der Waals surface area (Å²) in [5, 5.41) is 4.76. The number of benzene rings is 1. The Morgan fingerprint density at radius 1 is 1.29 bits per heavy atom. The number of thiazole rings is 1. The van der Waals surface area contributed by atoms with Gasteiger partial charge in [-0.25, -0.2) is 18.2 Å². The molecule has 2 aromatic heterocycles. The maximum absolute atomic E-state index is 13.9. The van der Waals surface area contributed by atoms with Gasteiger partial charge in [-0.1, -0.05) is 0 Å². The van der Waals surface area contributed by atoms with Gasteiger partial charge in [-0.05, 0) is 7.05 Å². The van der Waals surface area contributed by atoms with Crippen LogP contribution in [0.3, 0.4) is 0 Å². The van der Waals surface area contributed by atoms with E-state index in [1.807, 2.05) is 22.2 Å². The Morgan fingerprint density at radius 3 is 2.62 bits per heavy atom. The monoisotopic (exact) mass is 311 g/mol. The Hall–Kier alpha value is -1.86. The summed E-state index contributed by atoms with van der Waals surface area (Å²) >= 11 is 1.48. The van der Waals surface area contributed by atoms with Gasteiger partial charge in [0.25, 0.3) is 0 Å². The molecule has 0 radical (unpaired) electrons. The minimum Gasteiger partial charge on any atom is -0.312 e. The van der Waals surface area contributed by atoms with Crippen LogP contribution in [0.1, 0.15) is 17.3 Å². The van der Waals surface area contributed by atoms with Crippen LogP contribution in [0, 0.1) is 17.5 Å². The maximum Gasteiger partial charge on any atom is 0.193 e. The number of hydrogen-bond acceptors (Lipinski definition) is 3. The van der Waals surface area contributed by atoms with Crippen LogP contribution >= 0.6 is 11.3 Å². The standard InChI is InChI=1S/C14H12F3N3S/c1-18-12(13-10(16)4-8(15)5-11(13)17)6-9-7-20-2-3-21-14(20)19-9/h2-5,7,12,18H,6H2,1H3. The highest BCUT2D eigenvalue weighted by Gasteiger charge is 2.21. The molecule has 7 heteroatoms. The summed E-state index contributed by atoms with van der Waals surface area (Å²) in [6, 6.07) is 0.762. The number of nitrogens with one attached hydrogen (secondary N) is 1. The van der Waals surface area contributed by atoms with Crippen LogP contribution in [0.4, 0.5) is 13.2 Å². The van der Waals surface area contributed by atoms with E-state index < -0.39 is 23.5 Å². The lowest BCUT2D eigenvalue weighted by atomic mass is 10.0. The molecule has 1 aromatic carbocycles. The van der Waals surface area contributed by atoms with Crippen molar-refractivity contribution in [3.63, 3.8) is 0 Å². The fourth-order valence-electron chi connectivity index (χ4n) is 2.32. The van der Waals surface area contributed by atoms with E-state index in [1.54, 1.807) is 7.05 Å². The number of halogens is 3. The predicted molar refractivity (Wildman–Crippen MR) is 74.9 cm³/mol. The predicted octanol–water partition coefficient (Wildman–Crippen LogP) is 3.32. The molecule has 3 rings (SSSR count). The Morgan fingerprint density at radius 2 is 2.00 bits per heavy atom.